The first-order chi connectivity index (χ1) is 6.27. The van der Waals surface area contributed by atoms with Crippen LogP contribution in [0.1, 0.15) is 17.7 Å². The fraction of sp³-hybridized carbons (Fsp3) is 0.500. The first kappa shape index (κ1) is 9.82. The molecule has 0 amide bonds. The SMILES string of the molecule is C#CCCn1cc(CNC)c(C)n1. The first-order valence-corrected chi connectivity index (χ1v) is 4.39. The summed E-state index contributed by atoms with van der Waals surface area (Å²) in [7, 11) is 1.93. The molecule has 0 bridgehead atoms. The Labute approximate surface area is 79.1 Å². The van der Waals surface area contributed by atoms with Crippen LogP contribution in [-0.4, -0.2) is 16.8 Å². The van der Waals surface area contributed by atoms with Crippen molar-refractivity contribution in [3.8, 4) is 12.3 Å². The van der Waals surface area contributed by atoms with Crippen LogP contribution in [0.3, 0.4) is 0 Å². The van der Waals surface area contributed by atoms with Crippen LogP contribution in [0.5, 0.6) is 0 Å². The van der Waals surface area contributed by atoms with Gasteiger partial charge in [0, 0.05) is 24.7 Å². The van der Waals surface area contributed by atoms with Gasteiger partial charge in [-0.15, -0.1) is 12.3 Å². The summed E-state index contributed by atoms with van der Waals surface area (Å²) in [6.07, 6.45) is 7.96. The molecule has 1 rings (SSSR count). The number of nitrogens with zero attached hydrogens (tertiary/aromatic N) is 2. The normalized spacial score (nSPS) is 9.92. The zero-order valence-corrected chi connectivity index (χ0v) is 8.17. The van der Waals surface area contributed by atoms with E-state index in [0.29, 0.717) is 0 Å². The number of aromatic nitrogens is 2. The van der Waals surface area contributed by atoms with Crippen molar-refractivity contribution in [1.82, 2.24) is 15.1 Å². The smallest absolute Gasteiger partial charge is 0.0638 e. The highest BCUT2D eigenvalue weighted by Gasteiger charge is 2.02. The Bertz CT molecular complexity index is 306. The molecule has 0 spiro atoms. The second-order valence-corrected chi connectivity index (χ2v) is 2.99. The molecule has 13 heavy (non-hydrogen) atoms. The van der Waals surface area contributed by atoms with Gasteiger partial charge in [-0.25, -0.2) is 0 Å². The molecular formula is C10H15N3. The Morgan fingerprint density at radius 2 is 2.46 bits per heavy atom. The Balaban J connectivity index is 2.66. The maximum Gasteiger partial charge on any atom is 0.0638 e. The number of hydrogen-bond acceptors (Lipinski definition) is 2. The van der Waals surface area contributed by atoms with E-state index in [0.717, 1.165) is 25.2 Å². The number of aryl methyl sites for hydroxylation is 2. The van der Waals surface area contributed by atoms with E-state index in [4.69, 9.17) is 6.42 Å². The molecule has 0 atom stereocenters. The van der Waals surface area contributed by atoms with Crippen molar-refractivity contribution in [2.24, 2.45) is 0 Å². The predicted octanol–water partition coefficient (Wildman–Crippen LogP) is 0.934. The second-order valence-electron chi connectivity index (χ2n) is 2.99. The Morgan fingerprint density at radius 1 is 1.69 bits per heavy atom. The summed E-state index contributed by atoms with van der Waals surface area (Å²) in [4.78, 5) is 0. The van der Waals surface area contributed by atoms with Crippen LogP contribution in [0, 0.1) is 19.3 Å². The van der Waals surface area contributed by atoms with Gasteiger partial charge < -0.3 is 5.32 Å². The molecule has 1 aromatic rings. The molecule has 0 aliphatic rings. The maximum atomic E-state index is 5.18. The minimum absolute atomic E-state index is 0.736. The molecule has 1 aromatic heterocycles. The van der Waals surface area contributed by atoms with Crippen molar-refractivity contribution in [2.75, 3.05) is 7.05 Å². The van der Waals surface area contributed by atoms with E-state index >= 15 is 0 Å². The van der Waals surface area contributed by atoms with Gasteiger partial charge in [-0.3, -0.25) is 4.68 Å². The third kappa shape index (κ3) is 2.60. The lowest BCUT2D eigenvalue weighted by Gasteiger charge is -1.95. The highest BCUT2D eigenvalue weighted by molar-refractivity contribution is 5.14. The third-order valence-corrected chi connectivity index (χ3v) is 1.90. The minimum Gasteiger partial charge on any atom is -0.316 e. The molecule has 0 radical (unpaired) electrons. The van der Waals surface area contributed by atoms with Crippen LogP contribution >= 0.6 is 0 Å². The maximum absolute atomic E-state index is 5.18. The standard InChI is InChI=1S/C10H15N3/c1-4-5-6-13-8-10(7-11-3)9(2)12-13/h1,8,11H,5-7H2,2-3H3. The molecule has 1 N–H and O–H groups in total. The van der Waals surface area contributed by atoms with E-state index in [-0.39, 0.29) is 0 Å². The molecule has 0 saturated carbocycles. The summed E-state index contributed by atoms with van der Waals surface area (Å²) in [5.41, 5.74) is 2.31. The predicted molar refractivity (Wildman–Crippen MR) is 53.2 cm³/mol. The number of rotatable bonds is 4. The van der Waals surface area contributed by atoms with E-state index in [9.17, 15) is 0 Å². The third-order valence-electron chi connectivity index (χ3n) is 1.90. The number of nitrogens with one attached hydrogen (secondary N) is 1. The molecule has 0 aromatic carbocycles. The second kappa shape index (κ2) is 4.68. The Hall–Kier alpha value is -1.27. The Kier molecular flexibility index (Phi) is 3.53. The monoisotopic (exact) mass is 177 g/mol. The van der Waals surface area contributed by atoms with Gasteiger partial charge in [-0.05, 0) is 14.0 Å². The lowest BCUT2D eigenvalue weighted by molar-refractivity contribution is 0.624. The largest absolute Gasteiger partial charge is 0.316 e. The van der Waals surface area contributed by atoms with Gasteiger partial charge in [0.25, 0.3) is 0 Å². The van der Waals surface area contributed by atoms with Gasteiger partial charge in [0.2, 0.25) is 0 Å². The molecule has 0 aliphatic heterocycles. The van der Waals surface area contributed by atoms with E-state index in [1.54, 1.807) is 0 Å². The zero-order valence-electron chi connectivity index (χ0n) is 8.17. The summed E-state index contributed by atoms with van der Waals surface area (Å²) in [6, 6.07) is 0. The molecule has 3 nitrogen and oxygen atoms in total. The van der Waals surface area contributed by atoms with E-state index in [2.05, 4.69) is 16.3 Å². The quantitative estimate of drug-likeness (QED) is 0.693. The van der Waals surface area contributed by atoms with Crippen molar-refractivity contribution in [3.63, 3.8) is 0 Å². The van der Waals surface area contributed by atoms with Gasteiger partial charge >= 0.3 is 0 Å². The topological polar surface area (TPSA) is 29.9 Å². The van der Waals surface area contributed by atoms with Gasteiger partial charge in [-0.2, -0.15) is 5.10 Å². The molecule has 1 heterocycles. The van der Waals surface area contributed by atoms with E-state index in [1.165, 1.54) is 5.56 Å². The summed E-state index contributed by atoms with van der Waals surface area (Å²) in [5.74, 6) is 2.60. The highest BCUT2D eigenvalue weighted by atomic mass is 15.3. The van der Waals surface area contributed by atoms with E-state index < -0.39 is 0 Å². The summed E-state index contributed by atoms with van der Waals surface area (Å²) >= 11 is 0. The molecule has 0 fully saturated rings. The molecule has 3 heteroatoms. The minimum atomic E-state index is 0.736. The van der Waals surface area contributed by atoms with Crippen molar-refractivity contribution in [2.45, 2.75) is 26.4 Å². The van der Waals surface area contributed by atoms with Crippen molar-refractivity contribution in [3.05, 3.63) is 17.5 Å². The van der Waals surface area contributed by atoms with Gasteiger partial charge in [-0.1, -0.05) is 0 Å². The fourth-order valence-corrected chi connectivity index (χ4v) is 1.22. The first-order valence-electron chi connectivity index (χ1n) is 4.39. The van der Waals surface area contributed by atoms with Crippen LogP contribution in [-0.2, 0) is 13.1 Å². The van der Waals surface area contributed by atoms with Crippen molar-refractivity contribution < 1.29 is 0 Å². The molecule has 0 aliphatic carbocycles. The van der Waals surface area contributed by atoms with Gasteiger partial charge in [0.15, 0.2) is 0 Å². The average molecular weight is 177 g/mol. The van der Waals surface area contributed by atoms with Gasteiger partial charge in [0.1, 0.15) is 0 Å². The lowest BCUT2D eigenvalue weighted by atomic mass is 10.3. The van der Waals surface area contributed by atoms with Crippen LogP contribution in [0.4, 0.5) is 0 Å². The number of terminal acetylenes is 1. The molecular weight excluding hydrogens is 162 g/mol. The Morgan fingerprint density at radius 3 is 3.08 bits per heavy atom. The van der Waals surface area contributed by atoms with Crippen LogP contribution in [0.25, 0.3) is 0 Å². The van der Waals surface area contributed by atoms with Crippen molar-refractivity contribution >= 4 is 0 Å². The molecule has 0 saturated heterocycles. The molecule has 0 unspecified atom stereocenters. The highest BCUT2D eigenvalue weighted by Crippen LogP contribution is 2.05. The van der Waals surface area contributed by atoms with Gasteiger partial charge in [0.05, 0.1) is 12.2 Å². The van der Waals surface area contributed by atoms with Crippen LogP contribution in [0.15, 0.2) is 6.20 Å². The van der Waals surface area contributed by atoms with Crippen LogP contribution < -0.4 is 5.32 Å². The summed E-state index contributed by atoms with van der Waals surface area (Å²) in [6.45, 7) is 3.68. The van der Waals surface area contributed by atoms with Crippen LogP contribution in [0.2, 0.25) is 0 Å². The number of hydrogen-bond donors (Lipinski definition) is 1. The zero-order chi connectivity index (χ0) is 9.68. The van der Waals surface area contributed by atoms with Crippen molar-refractivity contribution in [1.29, 1.82) is 0 Å². The average Bonchev–Trinajstić information content (AvgIpc) is 2.45. The summed E-state index contributed by atoms with van der Waals surface area (Å²) in [5, 5.41) is 7.45. The lowest BCUT2D eigenvalue weighted by Crippen LogP contribution is -2.05. The fourth-order valence-electron chi connectivity index (χ4n) is 1.22. The van der Waals surface area contributed by atoms with E-state index in [1.807, 2.05) is 24.9 Å². The molecule has 70 valence electrons. The summed E-state index contributed by atoms with van der Waals surface area (Å²) < 4.78 is 1.90.